The zero-order valence-electron chi connectivity index (χ0n) is 8.16. The maximum Gasteiger partial charge on any atom is 0.158 e. The Morgan fingerprint density at radius 2 is 1.92 bits per heavy atom. The summed E-state index contributed by atoms with van der Waals surface area (Å²) in [5.41, 5.74) is 2.33. The van der Waals surface area contributed by atoms with E-state index >= 15 is 0 Å². The number of hydrogen-bond acceptors (Lipinski definition) is 2. The average molecular weight is 180 g/mol. The molecule has 2 nitrogen and oxygen atoms in total. The first kappa shape index (κ1) is 10.2. The van der Waals surface area contributed by atoms with Crippen molar-refractivity contribution in [2.24, 2.45) is 0 Å². The highest BCUT2D eigenvalue weighted by Crippen LogP contribution is 2.06. The minimum Gasteiger partial charge on any atom is -0.368 e. The third kappa shape index (κ3) is 3.57. The number of rotatable bonds is 4. The zero-order valence-corrected chi connectivity index (χ0v) is 8.16. The fraction of sp³-hybridized carbons (Fsp3) is 0.455. The van der Waals surface area contributed by atoms with Crippen molar-refractivity contribution in [1.29, 1.82) is 0 Å². The molecule has 0 aromatic heterocycles. The Morgan fingerprint density at radius 1 is 1.31 bits per heavy atom. The maximum absolute atomic E-state index is 9.35. The van der Waals surface area contributed by atoms with Gasteiger partial charge in [0.25, 0.3) is 0 Å². The van der Waals surface area contributed by atoms with Crippen molar-refractivity contribution < 1.29 is 9.84 Å². The lowest BCUT2D eigenvalue weighted by molar-refractivity contribution is -0.0927. The van der Waals surface area contributed by atoms with Crippen LogP contribution in [0.25, 0.3) is 0 Å². The molecular formula is C11H16O2. The topological polar surface area (TPSA) is 29.5 Å². The van der Waals surface area contributed by atoms with Crippen LogP contribution in [0.3, 0.4) is 0 Å². The van der Waals surface area contributed by atoms with Gasteiger partial charge in [0.05, 0.1) is 0 Å². The van der Waals surface area contributed by atoms with Gasteiger partial charge in [0, 0.05) is 13.0 Å². The molecule has 0 amide bonds. The van der Waals surface area contributed by atoms with Gasteiger partial charge in [-0.15, -0.1) is 0 Å². The summed E-state index contributed by atoms with van der Waals surface area (Å²) in [4.78, 5) is 0. The number of aliphatic hydroxyl groups excluding tert-OH is 1. The van der Waals surface area contributed by atoms with Gasteiger partial charge >= 0.3 is 0 Å². The summed E-state index contributed by atoms with van der Waals surface area (Å²) >= 11 is 0. The molecule has 0 spiro atoms. The molecule has 0 aliphatic rings. The number of hydrogen-bond donors (Lipinski definition) is 1. The molecule has 2 heteroatoms. The summed E-state index contributed by atoms with van der Waals surface area (Å²) in [5, 5.41) is 9.35. The molecule has 1 aromatic rings. The van der Waals surface area contributed by atoms with Crippen LogP contribution in [0.1, 0.15) is 18.1 Å². The molecule has 0 aliphatic heterocycles. The molecule has 0 saturated carbocycles. The van der Waals surface area contributed by atoms with Crippen molar-refractivity contribution in [2.75, 3.05) is 6.61 Å². The Morgan fingerprint density at radius 3 is 2.46 bits per heavy atom. The number of benzene rings is 1. The lowest BCUT2D eigenvalue weighted by atomic mass is 10.1. The fourth-order valence-corrected chi connectivity index (χ4v) is 1.18. The van der Waals surface area contributed by atoms with E-state index in [9.17, 15) is 5.11 Å². The van der Waals surface area contributed by atoms with Gasteiger partial charge in [-0.05, 0) is 19.4 Å². The molecule has 0 fully saturated rings. The van der Waals surface area contributed by atoms with Crippen LogP contribution in [-0.2, 0) is 11.2 Å². The molecule has 1 atom stereocenters. The first-order valence-corrected chi connectivity index (χ1v) is 4.57. The second-order valence-corrected chi connectivity index (χ2v) is 3.10. The molecule has 0 bridgehead atoms. The monoisotopic (exact) mass is 180 g/mol. The van der Waals surface area contributed by atoms with Crippen molar-refractivity contribution in [1.82, 2.24) is 0 Å². The van der Waals surface area contributed by atoms with E-state index < -0.39 is 6.29 Å². The predicted molar refractivity (Wildman–Crippen MR) is 52.5 cm³/mol. The lowest BCUT2D eigenvalue weighted by Crippen LogP contribution is -2.14. The minimum absolute atomic E-state index is 0.549. The maximum atomic E-state index is 9.35. The van der Waals surface area contributed by atoms with Gasteiger partial charge in [-0.2, -0.15) is 0 Å². The number of aryl methyl sites for hydroxylation is 1. The summed E-state index contributed by atoms with van der Waals surface area (Å²) < 4.78 is 5.03. The molecule has 72 valence electrons. The second-order valence-electron chi connectivity index (χ2n) is 3.10. The van der Waals surface area contributed by atoms with Gasteiger partial charge in [-0.1, -0.05) is 29.8 Å². The van der Waals surface area contributed by atoms with E-state index in [4.69, 9.17) is 4.74 Å². The van der Waals surface area contributed by atoms with Crippen molar-refractivity contribution in [2.45, 2.75) is 26.6 Å². The van der Waals surface area contributed by atoms with E-state index in [1.165, 1.54) is 5.56 Å². The van der Waals surface area contributed by atoms with E-state index in [0.717, 1.165) is 5.56 Å². The van der Waals surface area contributed by atoms with Crippen molar-refractivity contribution in [3.8, 4) is 0 Å². The van der Waals surface area contributed by atoms with E-state index in [2.05, 4.69) is 0 Å². The first-order valence-electron chi connectivity index (χ1n) is 4.57. The van der Waals surface area contributed by atoms with Crippen molar-refractivity contribution in [3.63, 3.8) is 0 Å². The highest BCUT2D eigenvalue weighted by atomic mass is 16.6. The van der Waals surface area contributed by atoms with Crippen LogP contribution in [0.2, 0.25) is 0 Å². The highest BCUT2D eigenvalue weighted by molar-refractivity contribution is 5.21. The van der Waals surface area contributed by atoms with Gasteiger partial charge < -0.3 is 9.84 Å². The molecule has 1 rings (SSSR count). The molecule has 0 heterocycles. The van der Waals surface area contributed by atoms with Crippen molar-refractivity contribution in [3.05, 3.63) is 35.4 Å². The smallest absolute Gasteiger partial charge is 0.158 e. The van der Waals surface area contributed by atoms with Crippen LogP contribution in [0.5, 0.6) is 0 Å². The molecule has 1 aromatic carbocycles. The normalized spacial score (nSPS) is 12.8. The minimum atomic E-state index is -0.673. The molecule has 0 aliphatic carbocycles. The fourth-order valence-electron chi connectivity index (χ4n) is 1.18. The van der Waals surface area contributed by atoms with Gasteiger partial charge in [0.2, 0.25) is 0 Å². The molecular weight excluding hydrogens is 164 g/mol. The Kier molecular flexibility index (Phi) is 3.93. The Labute approximate surface area is 79.2 Å². The van der Waals surface area contributed by atoms with E-state index in [1.54, 1.807) is 0 Å². The standard InChI is InChI=1S/C11H16O2/c1-3-13-11(12)8-10-6-4-9(2)5-7-10/h4-7,11-12H,3,8H2,1-2H3. The van der Waals surface area contributed by atoms with E-state index in [1.807, 2.05) is 38.1 Å². The molecule has 1 unspecified atom stereocenters. The van der Waals surface area contributed by atoms with Gasteiger partial charge in [0.15, 0.2) is 6.29 Å². The summed E-state index contributed by atoms with van der Waals surface area (Å²) in [7, 11) is 0. The Balaban J connectivity index is 2.49. The van der Waals surface area contributed by atoms with Crippen LogP contribution in [0.4, 0.5) is 0 Å². The van der Waals surface area contributed by atoms with Crippen LogP contribution in [0.15, 0.2) is 24.3 Å². The summed E-state index contributed by atoms with van der Waals surface area (Å²) in [6.07, 6.45) is -0.110. The van der Waals surface area contributed by atoms with Crippen LogP contribution in [0, 0.1) is 6.92 Å². The molecule has 0 saturated heterocycles. The first-order chi connectivity index (χ1) is 6.22. The molecule has 1 N–H and O–H groups in total. The lowest BCUT2D eigenvalue weighted by Gasteiger charge is -2.10. The third-order valence-corrected chi connectivity index (χ3v) is 1.89. The summed E-state index contributed by atoms with van der Waals surface area (Å²) in [6.45, 7) is 4.47. The van der Waals surface area contributed by atoms with Gasteiger partial charge in [-0.3, -0.25) is 0 Å². The van der Waals surface area contributed by atoms with Crippen LogP contribution < -0.4 is 0 Å². The highest BCUT2D eigenvalue weighted by Gasteiger charge is 2.03. The van der Waals surface area contributed by atoms with E-state index in [-0.39, 0.29) is 0 Å². The zero-order chi connectivity index (χ0) is 9.68. The quantitative estimate of drug-likeness (QED) is 0.717. The average Bonchev–Trinajstić information content (AvgIpc) is 2.09. The largest absolute Gasteiger partial charge is 0.368 e. The van der Waals surface area contributed by atoms with Crippen LogP contribution >= 0.6 is 0 Å². The SMILES string of the molecule is CCOC(O)Cc1ccc(C)cc1. The van der Waals surface area contributed by atoms with Gasteiger partial charge in [-0.25, -0.2) is 0 Å². The van der Waals surface area contributed by atoms with E-state index in [0.29, 0.717) is 13.0 Å². The predicted octanol–water partition coefficient (Wildman–Crippen LogP) is 1.89. The summed E-state index contributed by atoms with van der Waals surface area (Å²) in [5.74, 6) is 0. The third-order valence-electron chi connectivity index (χ3n) is 1.89. The van der Waals surface area contributed by atoms with Crippen LogP contribution in [-0.4, -0.2) is 18.0 Å². The second kappa shape index (κ2) is 5.00. The van der Waals surface area contributed by atoms with Gasteiger partial charge in [0.1, 0.15) is 0 Å². The molecule has 0 radical (unpaired) electrons. The Bertz CT molecular complexity index is 241. The summed E-state index contributed by atoms with van der Waals surface area (Å²) in [6, 6.07) is 8.09. The van der Waals surface area contributed by atoms with Crippen molar-refractivity contribution >= 4 is 0 Å². The number of aliphatic hydroxyl groups is 1. The number of ether oxygens (including phenoxy) is 1. The Hall–Kier alpha value is -0.860. The molecule has 13 heavy (non-hydrogen) atoms.